The van der Waals surface area contributed by atoms with Crippen molar-refractivity contribution in [3.63, 3.8) is 0 Å². The van der Waals surface area contributed by atoms with Crippen LogP contribution in [-0.4, -0.2) is 51.8 Å². The van der Waals surface area contributed by atoms with Gasteiger partial charge in [0.2, 0.25) is 0 Å². The van der Waals surface area contributed by atoms with Crippen molar-refractivity contribution >= 4 is 0 Å². The third kappa shape index (κ3) is 10.5. The molecule has 2 atom stereocenters. The van der Waals surface area contributed by atoms with Crippen molar-refractivity contribution < 1.29 is 23.7 Å². The van der Waals surface area contributed by atoms with Crippen LogP contribution >= 0.6 is 0 Å². The van der Waals surface area contributed by atoms with Gasteiger partial charge in [-0.15, -0.1) is 0 Å². The van der Waals surface area contributed by atoms with Crippen LogP contribution in [0.5, 0.6) is 0 Å². The summed E-state index contributed by atoms with van der Waals surface area (Å²) >= 11 is 0. The van der Waals surface area contributed by atoms with Crippen LogP contribution in [0.25, 0.3) is 0 Å². The summed E-state index contributed by atoms with van der Waals surface area (Å²) in [6.45, 7) is 12.6. The van der Waals surface area contributed by atoms with Gasteiger partial charge in [0, 0.05) is 26.1 Å². The summed E-state index contributed by atoms with van der Waals surface area (Å²) in [7, 11) is 0. The number of hydrogen-bond acceptors (Lipinski definition) is 5. The van der Waals surface area contributed by atoms with Gasteiger partial charge < -0.3 is 23.7 Å². The minimum Gasteiger partial charge on any atom is -0.467 e. The SMILES string of the molecule is C=C(CCCCOCC1CO1)OC(=C)CCCCOCC1CO1. The largest absolute Gasteiger partial charge is 0.467 e. The molecule has 0 spiro atoms. The second-order valence-corrected chi connectivity index (χ2v) is 6.15. The third-order valence-corrected chi connectivity index (χ3v) is 3.69. The second-order valence-electron chi connectivity index (χ2n) is 6.15. The standard InChI is InChI=1S/C18H30O5/c1-15(7-3-5-9-19-11-17-13-21-17)23-16(2)8-4-6-10-20-12-18-14-22-18/h17-18H,1-14H2. The lowest BCUT2D eigenvalue weighted by Crippen LogP contribution is -2.03. The molecule has 2 aliphatic heterocycles. The van der Waals surface area contributed by atoms with Crippen molar-refractivity contribution in [3.05, 3.63) is 24.7 Å². The Labute approximate surface area is 139 Å². The van der Waals surface area contributed by atoms with Gasteiger partial charge in [0.15, 0.2) is 0 Å². The molecule has 0 aromatic rings. The number of epoxide rings is 2. The van der Waals surface area contributed by atoms with Gasteiger partial charge in [0.1, 0.15) is 12.2 Å². The minimum atomic E-state index is 0.351. The van der Waals surface area contributed by atoms with Crippen molar-refractivity contribution in [2.75, 3.05) is 39.6 Å². The molecule has 0 saturated carbocycles. The van der Waals surface area contributed by atoms with Gasteiger partial charge in [-0.25, -0.2) is 0 Å². The number of hydrogen-bond donors (Lipinski definition) is 0. The maximum Gasteiger partial charge on any atom is 0.104 e. The predicted molar refractivity (Wildman–Crippen MR) is 88.2 cm³/mol. The van der Waals surface area contributed by atoms with Crippen molar-refractivity contribution in [1.82, 2.24) is 0 Å². The van der Waals surface area contributed by atoms with Crippen LogP contribution in [0.1, 0.15) is 38.5 Å². The summed E-state index contributed by atoms with van der Waals surface area (Å²) in [6, 6.07) is 0. The molecule has 132 valence electrons. The van der Waals surface area contributed by atoms with Gasteiger partial charge in [0.05, 0.1) is 37.9 Å². The Balaban J connectivity index is 1.32. The molecule has 5 heteroatoms. The van der Waals surface area contributed by atoms with E-state index in [1.54, 1.807) is 0 Å². The van der Waals surface area contributed by atoms with Gasteiger partial charge in [-0.05, 0) is 25.7 Å². The zero-order chi connectivity index (χ0) is 16.3. The Morgan fingerprint density at radius 3 is 1.61 bits per heavy atom. The highest BCUT2D eigenvalue weighted by Crippen LogP contribution is 2.16. The molecule has 2 heterocycles. The molecule has 0 aliphatic carbocycles. The normalized spacial score (nSPS) is 21.9. The molecule has 2 fully saturated rings. The van der Waals surface area contributed by atoms with Crippen molar-refractivity contribution in [1.29, 1.82) is 0 Å². The summed E-state index contributed by atoms with van der Waals surface area (Å²) in [4.78, 5) is 0. The van der Waals surface area contributed by atoms with Crippen LogP contribution in [0.4, 0.5) is 0 Å². The average molecular weight is 326 g/mol. The zero-order valence-corrected chi connectivity index (χ0v) is 14.1. The Morgan fingerprint density at radius 2 is 1.22 bits per heavy atom. The fraction of sp³-hybridized carbons (Fsp3) is 0.778. The summed E-state index contributed by atoms with van der Waals surface area (Å²) < 4.78 is 26.8. The van der Waals surface area contributed by atoms with Crippen LogP contribution in [0, 0.1) is 0 Å². The Kier molecular flexibility index (Phi) is 8.68. The molecule has 23 heavy (non-hydrogen) atoms. The zero-order valence-electron chi connectivity index (χ0n) is 14.1. The molecule has 0 amide bonds. The number of unbranched alkanes of at least 4 members (excludes halogenated alkanes) is 2. The lowest BCUT2D eigenvalue weighted by molar-refractivity contribution is 0.111. The van der Waals surface area contributed by atoms with E-state index >= 15 is 0 Å². The molecule has 2 unspecified atom stereocenters. The first kappa shape index (κ1) is 18.5. The molecule has 0 N–H and O–H groups in total. The van der Waals surface area contributed by atoms with Gasteiger partial charge in [-0.1, -0.05) is 13.2 Å². The van der Waals surface area contributed by atoms with Crippen LogP contribution in [0.2, 0.25) is 0 Å². The molecule has 0 aromatic heterocycles. The quantitative estimate of drug-likeness (QED) is 0.248. The first-order chi connectivity index (χ1) is 11.2. The Hall–Kier alpha value is -0.880. The van der Waals surface area contributed by atoms with E-state index in [1.807, 2.05) is 0 Å². The molecule has 0 radical (unpaired) electrons. The van der Waals surface area contributed by atoms with Gasteiger partial charge in [0.25, 0.3) is 0 Å². The van der Waals surface area contributed by atoms with Crippen molar-refractivity contribution in [3.8, 4) is 0 Å². The molecule has 0 aromatic carbocycles. The predicted octanol–water partition coefficient (Wildman–Crippen LogP) is 3.20. The molecule has 2 saturated heterocycles. The maximum absolute atomic E-state index is 5.65. The van der Waals surface area contributed by atoms with Gasteiger partial charge in [-0.3, -0.25) is 0 Å². The molecule has 0 bridgehead atoms. The van der Waals surface area contributed by atoms with E-state index in [2.05, 4.69) is 13.2 Å². The highest BCUT2D eigenvalue weighted by Gasteiger charge is 2.22. The van der Waals surface area contributed by atoms with Crippen molar-refractivity contribution in [2.24, 2.45) is 0 Å². The minimum absolute atomic E-state index is 0.351. The third-order valence-electron chi connectivity index (χ3n) is 3.69. The van der Waals surface area contributed by atoms with Gasteiger partial charge in [-0.2, -0.15) is 0 Å². The van der Waals surface area contributed by atoms with E-state index in [-0.39, 0.29) is 0 Å². The van der Waals surface area contributed by atoms with E-state index in [0.717, 1.165) is 89.7 Å². The number of rotatable bonds is 16. The maximum atomic E-state index is 5.65. The topological polar surface area (TPSA) is 52.8 Å². The van der Waals surface area contributed by atoms with E-state index in [9.17, 15) is 0 Å². The highest BCUT2D eigenvalue weighted by atomic mass is 16.6. The fourth-order valence-electron chi connectivity index (χ4n) is 2.12. The molecule has 2 aliphatic rings. The van der Waals surface area contributed by atoms with E-state index < -0.39 is 0 Å². The summed E-state index contributed by atoms with van der Waals surface area (Å²) in [5, 5.41) is 0. The number of ether oxygens (including phenoxy) is 5. The monoisotopic (exact) mass is 326 g/mol. The van der Waals surface area contributed by atoms with Crippen LogP contribution in [-0.2, 0) is 23.7 Å². The lowest BCUT2D eigenvalue weighted by atomic mass is 10.2. The van der Waals surface area contributed by atoms with E-state index in [1.165, 1.54) is 0 Å². The summed E-state index contributed by atoms with van der Waals surface area (Å²) in [5.41, 5.74) is 0. The first-order valence-electron chi connectivity index (χ1n) is 8.66. The average Bonchev–Trinajstić information content (AvgIpc) is 3.40. The van der Waals surface area contributed by atoms with Crippen LogP contribution in [0.3, 0.4) is 0 Å². The van der Waals surface area contributed by atoms with Gasteiger partial charge >= 0.3 is 0 Å². The van der Waals surface area contributed by atoms with E-state index in [0.29, 0.717) is 12.2 Å². The Morgan fingerprint density at radius 1 is 0.783 bits per heavy atom. The first-order valence-corrected chi connectivity index (χ1v) is 8.66. The molecule has 2 rings (SSSR count). The lowest BCUT2D eigenvalue weighted by Gasteiger charge is -2.11. The highest BCUT2D eigenvalue weighted by molar-refractivity contribution is 4.93. The fourth-order valence-corrected chi connectivity index (χ4v) is 2.12. The van der Waals surface area contributed by atoms with E-state index in [4.69, 9.17) is 23.7 Å². The van der Waals surface area contributed by atoms with Crippen LogP contribution < -0.4 is 0 Å². The molecular formula is C18H30O5. The second kappa shape index (κ2) is 10.8. The summed E-state index contributed by atoms with van der Waals surface area (Å²) in [6.07, 6.45) is 6.49. The smallest absolute Gasteiger partial charge is 0.104 e. The molecular weight excluding hydrogens is 296 g/mol. The van der Waals surface area contributed by atoms with Crippen LogP contribution in [0.15, 0.2) is 24.7 Å². The van der Waals surface area contributed by atoms with Crippen molar-refractivity contribution in [2.45, 2.75) is 50.7 Å². The summed E-state index contributed by atoms with van der Waals surface area (Å²) in [5.74, 6) is 1.59. The number of allylic oxidation sites excluding steroid dienone is 2. The Bertz CT molecular complexity index is 326. The molecule has 5 nitrogen and oxygen atoms in total.